The highest BCUT2D eigenvalue weighted by atomic mass is 16.7. The van der Waals surface area contributed by atoms with E-state index in [2.05, 4.69) is 33.1 Å². The van der Waals surface area contributed by atoms with Crippen molar-refractivity contribution in [1.82, 2.24) is 14.8 Å². The zero-order valence-corrected chi connectivity index (χ0v) is 16.9. The molecule has 6 nitrogen and oxygen atoms in total. The molecule has 0 saturated heterocycles. The van der Waals surface area contributed by atoms with Gasteiger partial charge in [-0.15, -0.1) is 0 Å². The minimum absolute atomic E-state index is 0.0731. The van der Waals surface area contributed by atoms with Crippen LogP contribution in [0.1, 0.15) is 17.2 Å². The van der Waals surface area contributed by atoms with Gasteiger partial charge in [0.15, 0.2) is 11.5 Å². The molecule has 2 heterocycles. The van der Waals surface area contributed by atoms with Crippen molar-refractivity contribution in [2.75, 3.05) is 27.4 Å². The summed E-state index contributed by atoms with van der Waals surface area (Å²) in [5.74, 6) is 1.31. The molecule has 0 saturated carbocycles. The fourth-order valence-corrected chi connectivity index (χ4v) is 3.65. The maximum Gasteiger partial charge on any atom is 0.244 e. The Morgan fingerprint density at radius 1 is 1.21 bits per heavy atom. The summed E-state index contributed by atoms with van der Waals surface area (Å²) in [6.45, 7) is 0.758. The van der Waals surface area contributed by atoms with Crippen LogP contribution in [0.25, 0.3) is 17.0 Å². The Kier molecular flexibility index (Phi) is 5.27. The molecule has 1 amide bonds. The SMILES string of the molecule is CN(C)C(CNC(=O)/C=C/c1ccc2c(c1)OCO2)c1cn(C)c2ccccc12. The fraction of sp³-hybridized carbons (Fsp3) is 0.261. The largest absolute Gasteiger partial charge is 0.454 e. The second-order valence-corrected chi connectivity index (χ2v) is 7.38. The van der Waals surface area contributed by atoms with Crippen LogP contribution >= 0.6 is 0 Å². The van der Waals surface area contributed by atoms with Crippen LogP contribution < -0.4 is 14.8 Å². The molecule has 2 aromatic carbocycles. The van der Waals surface area contributed by atoms with E-state index in [1.807, 2.05) is 51.5 Å². The van der Waals surface area contributed by atoms with Gasteiger partial charge in [-0.1, -0.05) is 24.3 Å². The Labute approximate surface area is 170 Å². The third-order valence-electron chi connectivity index (χ3n) is 5.20. The molecule has 1 N–H and O–H groups in total. The number of nitrogens with zero attached hydrogens (tertiary/aromatic N) is 2. The molecule has 3 aromatic rings. The average Bonchev–Trinajstić information content (AvgIpc) is 3.31. The van der Waals surface area contributed by atoms with E-state index < -0.39 is 0 Å². The van der Waals surface area contributed by atoms with Crippen LogP contribution in [0.2, 0.25) is 0 Å². The summed E-state index contributed by atoms with van der Waals surface area (Å²) in [6.07, 6.45) is 5.47. The molecule has 1 aliphatic heterocycles. The number of para-hydroxylation sites is 1. The van der Waals surface area contributed by atoms with Crippen molar-refractivity contribution in [1.29, 1.82) is 0 Å². The van der Waals surface area contributed by atoms with Gasteiger partial charge in [-0.05, 0) is 49.5 Å². The van der Waals surface area contributed by atoms with E-state index in [9.17, 15) is 4.79 Å². The van der Waals surface area contributed by atoms with Crippen LogP contribution in [0, 0.1) is 0 Å². The first-order valence-electron chi connectivity index (χ1n) is 9.59. The summed E-state index contributed by atoms with van der Waals surface area (Å²) in [5, 5.41) is 4.23. The zero-order valence-electron chi connectivity index (χ0n) is 16.9. The summed E-state index contributed by atoms with van der Waals surface area (Å²) in [7, 11) is 6.10. The number of fused-ring (bicyclic) bond motifs is 2. The lowest BCUT2D eigenvalue weighted by molar-refractivity contribution is -0.116. The van der Waals surface area contributed by atoms with Gasteiger partial charge in [-0.3, -0.25) is 4.79 Å². The number of carbonyl (C=O) groups excluding carboxylic acids is 1. The average molecular weight is 391 g/mol. The van der Waals surface area contributed by atoms with E-state index >= 15 is 0 Å². The van der Waals surface area contributed by atoms with Gasteiger partial charge in [-0.25, -0.2) is 0 Å². The fourth-order valence-electron chi connectivity index (χ4n) is 3.65. The lowest BCUT2D eigenvalue weighted by Gasteiger charge is -2.24. The summed E-state index contributed by atoms with van der Waals surface area (Å²) in [6, 6.07) is 14.0. The Hall–Kier alpha value is -3.25. The highest BCUT2D eigenvalue weighted by Crippen LogP contribution is 2.33. The van der Waals surface area contributed by atoms with Gasteiger partial charge in [0.2, 0.25) is 12.7 Å². The third-order valence-corrected chi connectivity index (χ3v) is 5.20. The van der Waals surface area contributed by atoms with E-state index in [1.54, 1.807) is 12.2 Å². The minimum Gasteiger partial charge on any atom is -0.454 e. The van der Waals surface area contributed by atoms with Crippen LogP contribution in [-0.2, 0) is 11.8 Å². The number of amides is 1. The second-order valence-electron chi connectivity index (χ2n) is 7.38. The van der Waals surface area contributed by atoms with E-state index in [0.717, 1.165) is 11.3 Å². The quantitative estimate of drug-likeness (QED) is 0.655. The molecule has 1 aromatic heterocycles. The Bertz CT molecular complexity index is 1070. The molecule has 0 fully saturated rings. The van der Waals surface area contributed by atoms with Crippen molar-refractivity contribution in [2.45, 2.75) is 6.04 Å². The number of nitrogens with one attached hydrogen (secondary N) is 1. The zero-order chi connectivity index (χ0) is 20.4. The highest BCUT2D eigenvalue weighted by Gasteiger charge is 2.19. The first-order valence-corrected chi connectivity index (χ1v) is 9.59. The number of hydrogen-bond acceptors (Lipinski definition) is 4. The molecule has 1 aliphatic rings. The number of aryl methyl sites for hydroxylation is 1. The number of ether oxygens (including phenoxy) is 2. The van der Waals surface area contributed by atoms with Crippen molar-refractivity contribution < 1.29 is 14.3 Å². The van der Waals surface area contributed by atoms with Gasteiger partial charge in [0.25, 0.3) is 0 Å². The van der Waals surface area contributed by atoms with E-state index in [4.69, 9.17) is 9.47 Å². The van der Waals surface area contributed by atoms with Crippen molar-refractivity contribution in [3.8, 4) is 11.5 Å². The van der Waals surface area contributed by atoms with Crippen LogP contribution in [0.3, 0.4) is 0 Å². The predicted molar refractivity (Wildman–Crippen MR) is 114 cm³/mol. The molecule has 6 heteroatoms. The molecular formula is C23H25N3O3. The van der Waals surface area contributed by atoms with Gasteiger partial charge >= 0.3 is 0 Å². The van der Waals surface area contributed by atoms with Crippen LogP contribution in [-0.4, -0.2) is 42.8 Å². The van der Waals surface area contributed by atoms with Crippen LogP contribution in [0.5, 0.6) is 11.5 Å². The smallest absolute Gasteiger partial charge is 0.244 e. The third kappa shape index (κ3) is 3.98. The van der Waals surface area contributed by atoms with Crippen molar-refractivity contribution in [3.63, 3.8) is 0 Å². The molecule has 1 unspecified atom stereocenters. The highest BCUT2D eigenvalue weighted by molar-refractivity contribution is 5.92. The first kappa shape index (κ1) is 19.1. The number of hydrogen-bond donors (Lipinski definition) is 1. The molecule has 1 atom stereocenters. The molecule has 0 aliphatic carbocycles. The molecule has 4 rings (SSSR count). The normalized spacial score (nSPS) is 14.1. The topological polar surface area (TPSA) is 55.7 Å². The van der Waals surface area contributed by atoms with E-state index in [0.29, 0.717) is 12.3 Å². The maximum absolute atomic E-state index is 12.4. The summed E-state index contributed by atoms with van der Waals surface area (Å²) >= 11 is 0. The second kappa shape index (κ2) is 8.01. The standard InChI is InChI=1S/C23H25N3O3/c1-25(2)20(18-14-26(3)19-7-5-4-6-17(18)19)13-24-23(27)11-9-16-8-10-21-22(12-16)29-15-28-21/h4-12,14,20H,13,15H2,1-3H3,(H,24,27)/b11-9+. The van der Waals surface area contributed by atoms with Crippen molar-refractivity contribution >= 4 is 22.9 Å². The number of rotatable bonds is 6. The summed E-state index contributed by atoms with van der Waals surface area (Å²) in [4.78, 5) is 14.5. The lowest BCUT2D eigenvalue weighted by Crippen LogP contribution is -2.33. The number of benzene rings is 2. The maximum atomic E-state index is 12.4. The van der Waals surface area contributed by atoms with Gasteiger partial charge in [0.1, 0.15) is 0 Å². The molecular weight excluding hydrogens is 366 g/mol. The van der Waals surface area contributed by atoms with Crippen LogP contribution in [0.15, 0.2) is 54.7 Å². The van der Waals surface area contributed by atoms with Gasteiger partial charge in [0.05, 0.1) is 6.04 Å². The van der Waals surface area contributed by atoms with Crippen molar-refractivity contribution in [3.05, 3.63) is 65.9 Å². The molecule has 0 radical (unpaired) electrons. The number of likely N-dealkylation sites (N-methyl/N-ethyl adjacent to an activating group) is 1. The number of aromatic nitrogens is 1. The van der Waals surface area contributed by atoms with Gasteiger partial charge < -0.3 is 24.3 Å². The Morgan fingerprint density at radius 2 is 2.00 bits per heavy atom. The number of carbonyl (C=O) groups is 1. The Morgan fingerprint density at radius 3 is 2.83 bits per heavy atom. The molecule has 150 valence electrons. The summed E-state index contributed by atoms with van der Waals surface area (Å²) in [5.41, 5.74) is 3.28. The first-order chi connectivity index (χ1) is 14.0. The van der Waals surface area contributed by atoms with E-state index in [-0.39, 0.29) is 18.7 Å². The van der Waals surface area contributed by atoms with Crippen molar-refractivity contribution in [2.24, 2.45) is 7.05 Å². The monoisotopic (exact) mass is 391 g/mol. The minimum atomic E-state index is -0.130. The van der Waals surface area contributed by atoms with Crippen LogP contribution in [0.4, 0.5) is 0 Å². The molecule has 29 heavy (non-hydrogen) atoms. The van der Waals surface area contributed by atoms with Gasteiger partial charge in [0, 0.05) is 36.8 Å². The predicted octanol–water partition coefficient (Wildman–Crippen LogP) is 3.34. The molecule has 0 bridgehead atoms. The van der Waals surface area contributed by atoms with E-state index in [1.165, 1.54) is 16.5 Å². The van der Waals surface area contributed by atoms with Gasteiger partial charge in [-0.2, -0.15) is 0 Å². The molecule has 0 spiro atoms. The summed E-state index contributed by atoms with van der Waals surface area (Å²) < 4.78 is 12.8. The lowest BCUT2D eigenvalue weighted by atomic mass is 10.0. The Balaban J connectivity index is 1.45.